The summed E-state index contributed by atoms with van der Waals surface area (Å²) in [6.07, 6.45) is 5.05. The Hall–Kier alpha value is -2.35. The molecule has 1 rings (SSSR count). The number of aliphatic carboxylic acids is 1. The first kappa shape index (κ1) is 13.7. The molecule has 0 bridgehead atoms. The zero-order chi connectivity index (χ0) is 13.7. The lowest BCUT2D eigenvalue weighted by Crippen LogP contribution is -2.36. The number of aryl methyl sites for hydroxylation is 1. The highest BCUT2D eigenvalue weighted by Gasteiger charge is 2.20. The number of nitrogens with zero attached hydrogens (tertiary/aromatic N) is 1. The number of hydrogen-bond acceptors (Lipinski definition) is 2. The first-order valence-electron chi connectivity index (χ1n) is 5.16. The van der Waals surface area contributed by atoms with E-state index in [9.17, 15) is 14.0 Å². The van der Waals surface area contributed by atoms with Crippen molar-refractivity contribution in [2.24, 2.45) is 0 Å². The van der Waals surface area contributed by atoms with Crippen LogP contribution >= 0.6 is 0 Å². The number of halogens is 1. The number of hydrogen-bond donors (Lipinski definition) is 1. The van der Waals surface area contributed by atoms with Crippen LogP contribution in [0.4, 0.5) is 4.39 Å². The van der Waals surface area contributed by atoms with Gasteiger partial charge >= 0.3 is 5.97 Å². The molecule has 0 aromatic heterocycles. The minimum absolute atomic E-state index is 0.182. The molecule has 18 heavy (non-hydrogen) atoms. The van der Waals surface area contributed by atoms with Crippen molar-refractivity contribution in [2.45, 2.75) is 6.92 Å². The fraction of sp³-hybridized carbons (Fsp3) is 0.231. The van der Waals surface area contributed by atoms with Gasteiger partial charge in [0.15, 0.2) is 0 Å². The molecule has 0 saturated heterocycles. The average molecular weight is 249 g/mol. The van der Waals surface area contributed by atoms with Gasteiger partial charge in [-0.15, -0.1) is 6.42 Å². The molecule has 94 valence electrons. The zero-order valence-corrected chi connectivity index (χ0v) is 9.81. The Balaban J connectivity index is 3.02. The third kappa shape index (κ3) is 3.32. The normalized spacial score (nSPS) is 9.61. The lowest BCUT2D eigenvalue weighted by atomic mass is 10.1. The summed E-state index contributed by atoms with van der Waals surface area (Å²) in [5.41, 5.74) is 0.489. The van der Waals surface area contributed by atoms with E-state index in [1.54, 1.807) is 13.0 Å². The maximum atomic E-state index is 13.6. The van der Waals surface area contributed by atoms with Gasteiger partial charge in [0.25, 0.3) is 5.91 Å². The highest BCUT2D eigenvalue weighted by atomic mass is 19.1. The maximum absolute atomic E-state index is 13.6. The highest BCUT2D eigenvalue weighted by molar-refractivity contribution is 5.96. The van der Waals surface area contributed by atoms with E-state index in [1.165, 1.54) is 12.1 Å². The summed E-state index contributed by atoms with van der Waals surface area (Å²) < 4.78 is 13.6. The number of benzene rings is 1. The SMILES string of the molecule is C#CCN(CC(=O)O)C(=O)c1ccc(C)cc1F. The van der Waals surface area contributed by atoms with Crippen LogP contribution in [-0.2, 0) is 4.79 Å². The third-order valence-electron chi connectivity index (χ3n) is 2.25. The number of amides is 1. The van der Waals surface area contributed by atoms with Crippen molar-refractivity contribution < 1.29 is 19.1 Å². The molecule has 0 saturated carbocycles. The van der Waals surface area contributed by atoms with E-state index in [0.717, 1.165) is 4.90 Å². The standard InChI is InChI=1S/C13H12FNO3/c1-3-6-15(8-12(16)17)13(18)10-5-4-9(2)7-11(10)14/h1,4-5,7H,6,8H2,2H3,(H,16,17). The summed E-state index contributed by atoms with van der Waals surface area (Å²) in [7, 11) is 0. The lowest BCUT2D eigenvalue weighted by molar-refractivity contribution is -0.137. The van der Waals surface area contributed by atoms with Crippen LogP contribution in [0.1, 0.15) is 15.9 Å². The van der Waals surface area contributed by atoms with Crippen molar-refractivity contribution in [3.05, 3.63) is 35.1 Å². The van der Waals surface area contributed by atoms with E-state index in [1.807, 2.05) is 0 Å². The fourth-order valence-electron chi connectivity index (χ4n) is 1.44. The second kappa shape index (κ2) is 5.82. The van der Waals surface area contributed by atoms with Crippen LogP contribution in [0.5, 0.6) is 0 Å². The summed E-state index contributed by atoms with van der Waals surface area (Å²) in [5.74, 6) is -0.445. The van der Waals surface area contributed by atoms with Crippen LogP contribution in [0.2, 0.25) is 0 Å². The van der Waals surface area contributed by atoms with Gasteiger partial charge in [-0.2, -0.15) is 0 Å². The van der Waals surface area contributed by atoms with Gasteiger partial charge in [-0.3, -0.25) is 9.59 Å². The zero-order valence-electron chi connectivity index (χ0n) is 9.81. The fourth-order valence-corrected chi connectivity index (χ4v) is 1.44. The van der Waals surface area contributed by atoms with E-state index >= 15 is 0 Å². The summed E-state index contributed by atoms with van der Waals surface area (Å²) in [6.45, 7) is 0.947. The number of carboxylic acids is 1. The second-order valence-electron chi connectivity index (χ2n) is 3.74. The first-order valence-corrected chi connectivity index (χ1v) is 5.16. The third-order valence-corrected chi connectivity index (χ3v) is 2.25. The second-order valence-corrected chi connectivity index (χ2v) is 3.74. The number of carbonyl (C=O) groups excluding carboxylic acids is 1. The Morgan fingerprint density at radius 1 is 1.50 bits per heavy atom. The van der Waals surface area contributed by atoms with E-state index in [2.05, 4.69) is 5.92 Å². The highest BCUT2D eigenvalue weighted by Crippen LogP contribution is 2.12. The summed E-state index contributed by atoms with van der Waals surface area (Å²) in [5, 5.41) is 8.66. The largest absolute Gasteiger partial charge is 0.480 e. The molecule has 0 aliphatic rings. The molecule has 0 unspecified atom stereocenters. The Labute approximate surface area is 104 Å². The molecule has 0 radical (unpaired) electrons. The van der Waals surface area contributed by atoms with Crippen molar-refractivity contribution >= 4 is 11.9 Å². The Bertz CT molecular complexity index is 519. The predicted octanol–water partition coefficient (Wildman–Crippen LogP) is 1.29. The van der Waals surface area contributed by atoms with Gasteiger partial charge in [0.2, 0.25) is 0 Å². The predicted molar refractivity (Wildman–Crippen MR) is 63.5 cm³/mol. The molecule has 0 aliphatic heterocycles. The summed E-state index contributed by atoms with van der Waals surface area (Å²) in [4.78, 5) is 23.4. The van der Waals surface area contributed by atoms with Gasteiger partial charge in [0.1, 0.15) is 12.4 Å². The first-order chi connectivity index (χ1) is 8.45. The van der Waals surface area contributed by atoms with Gasteiger partial charge in [-0.05, 0) is 24.6 Å². The Kier molecular flexibility index (Phi) is 4.44. The van der Waals surface area contributed by atoms with E-state index in [0.29, 0.717) is 5.56 Å². The Morgan fingerprint density at radius 2 is 2.17 bits per heavy atom. The molecule has 1 aromatic carbocycles. The minimum atomic E-state index is -1.20. The maximum Gasteiger partial charge on any atom is 0.323 e. The summed E-state index contributed by atoms with van der Waals surface area (Å²) in [6, 6.07) is 4.10. The average Bonchev–Trinajstić information content (AvgIpc) is 2.27. The van der Waals surface area contributed by atoms with Crippen LogP contribution in [-0.4, -0.2) is 35.0 Å². The van der Waals surface area contributed by atoms with Gasteiger partial charge < -0.3 is 10.0 Å². The van der Waals surface area contributed by atoms with E-state index in [4.69, 9.17) is 11.5 Å². The number of terminal acetylenes is 1. The molecule has 0 aliphatic carbocycles. The van der Waals surface area contributed by atoms with Crippen molar-refractivity contribution in [2.75, 3.05) is 13.1 Å². The molecule has 0 atom stereocenters. The van der Waals surface area contributed by atoms with Gasteiger partial charge in [-0.1, -0.05) is 12.0 Å². The van der Waals surface area contributed by atoms with Crippen LogP contribution in [0.25, 0.3) is 0 Å². The van der Waals surface area contributed by atoms with Crippen molar-refractivity contribution in [3.63, 3.8) is 0 Å². The van der Waals surface area contributed by atoms with Gasteiger partial charge in [0.05, 0.1) is 12.1 Å². The minimum Gasteiger partial charge on any atom is -0.480 e. The van der Waals surface area contributed by atoms with E-state index in [-0.39, 0.29) is 12.1 Å². The van der Waals surface area contributed by atoms with Crippen LogP contribution < -0.4 is 0 Å². The molecule has 0 spiro atoms. The van der Waals surface area contributed by atoms with Gasteiger partial charge in [0, 0.05) is 0 Å². The number of rotatable bonds is 4. The van der Waals surface area contributed by atoms with Crippen molar-refractivity contribution in [3.8, 4) is 12.3 Å². The van der Waals surface area contributed by atoms with Crippen molar-refractivity contribution in [1.82, 2.24) is 4.90 Å². The lowest BCUT2D eigenvalue weighted by Gasteiger charge is -2.18. The van der Waals surface area contributed by atoms with Crippen LogP contribution in [0, 0.1) is 25.1 Å². The number of carboxylic acid groups (broad SMARTS) is 1. The molecule has 1 N–H and O–H groups in total. The molecule has 4 nitrogen and oxygen atoms in total. The Morgan fingerprint density at radius 3 is 2.67 bits per heavy atom. The van der Waals surface area contributed by atoms with Crippen molar-refractivity contribution in [1.29, 1.82) is 0 Å². The molecule has 5 heteroatoms. The smallest absolute Gasteiger partial charge is 0.323 e. The van der Waals surface area contributed by atoms with Crippen LogP contribution in [0.15, 0.2) is 18.2 Å². The molecule has 1 amide bonds. The molecule has 0 heterocycles. The molecule has 0 fully saturated rings. The summed E-state index contributed by atoms with van der Waals surface area (Å²) >= 11 is 0. The quantitative estimate of drug-likeness (QED) is 0.818. The van der Waals surface area contributed by atoms with E-state index < -0.39 is 24.2 Å². The van der Waals surface area contributed by atoms with Crippen LogP contribution in [0.3, 0.4) is 0 Å². The molecular formula is C13H12FNO3. The topological polar surface area (TPSA) is 57.6 Å². The molecular weight excluding hydrogens is 237 g/mol. The number of carbonyl (C=O) groups is 2. The van der Waals surface area contributed by atoms with Gasteiger partial charge in [-0.25, -0.2) is 4.39 Å². The monoisotopic (exact) mass is 249 g/mol. The molecule has 1 aromatic rings.